The summed E-state index contributed by atoms with van der Waals surface area (Å²) in [4.78, 5) is 0. The minimum atomic E-state index is 0.284. The standard InChI is InChI=1S/C8H11NO.C7H9NO/c9-6-5-7-1-3-8(10)4-2-7;8-5-6-1-3-7(9)4-2-6/h1-4,10H,5-6,9H2;1-4,9H,5,8H2. The molecule has 0 aromatic heterocycles. The van der Waals surface area contributed by atoms with E-state index in [0.717, 1.165) is 12.0 Å². The fourth-order valence-electron chi connectivity index (χ4n) is 1.46. The Labute approximate surface area is 113 Å². The van der Waals surface area contributed by atoms with Gasteiger partial charge in [-0.25, -0.2) is 0 Å². The van der Waals surface area contributed by atoms with Crippen LogP contribution in [0.15, 0.2) is 48.5 Å². The van der Waals surface area contributed by atoms with E-state index in [0.29, 0.717) is 18.8 Å². The molecule has 0 radical (unpaired) electrons. The first-order chi connectivity index (χ1) is 9.15. The Bertz CT molecular complexity index is 467. The first-order valence-corrected chi connectivity index (χ1v) is 6.11. The van der Waals surface area contributed by atoms with Gasteiger partial charge in [-0.05, 0) is 48.4 Å². The molecular weight excluding hydrogens is 240 g/mol. The Morgan fingerprint density at radius 3 is 1.47 bits per heavy atom. The molecule has 0 spiro atoms. The molecule has 0 heterocycles. The first-order valence-electron chi connectivity index (χ1n) is 6.11. The average Bonchev–Trinajstić information content (AvgIpc) is 2.43. The van der Waals surface area contributed by atoms with Gasteiger partial charge < -0.3 is 21.7 Å². The van der Waals surface area contributed by atoms with Crippen LogP contribution in [0.4, 0.5) is 0 Å². The quantitative estimate of drug-likeness (QED) is 0.676. The predicted octanol–water partition coefficient (Wildman–Crippen LogP) is 1.74. The number of nitrogens with two attached hydrogens (primary N) is 2. The molecule has 6 N–H and O–H groups in total. The maximum absolute atomic E-state index is 8.89. The van der Waals surface area contributed by atoms with Gasteiger partial charge in [-0.15, -0.1) is 0 Å². The molecule has 0 bridgehead atoms. The second kappa shape index (κ2) is 8.13. The zero-order chi connectivity index (χ0) is 14.1. The van der Waals surface area contributed by atoms with Crippen LogP contribution in [0, 0.1) is 0 Å². The van der Waals surface area contributed by atoms with Gasteiger partial charge in [0.05, 0.1) is 0 Å². The van der Waals surface area contributed by atoms with E-state index >= 15 is 0 Å². The van der Waals surface area contributed by atoms with Gasteiger partial charge in [0.25, 0.3) is 0 Å². The maximum atomic E-state index is 8.89. The molecule has 19 heavy (non-hydrogen) atoms. The summed E-state index contributed by atoms with van der Waals surface area (Å²) >= 11 is 0. The van der Waals surface area contributed by atoms with Crippen molar-refractivity contribution in [2.75, 3.05) is 6.54 Å². The average molecular weight is 260 g/mol. The van der Waals surface area contributed by atoms with Crippen molar-refractivity contribution in [3.05, 3.63) is 59.7 Å². The zero-order valence-corrected chi connectivity index (χ0v) is 10.8. The van der Waals surface area contributed by atoms with Crippen LogP contribution in [0.5, 0.6) is 11.5 Å². The Morgan fingerprint density at radius 1 is 0.684 bits per heavy atom. The lowest BCUT2D eigenvalue weighted by atomic mass is 10.1. The summed E-state index contributed by atoms with van der Waals surface area (Å²) in [6, 6.07) is 14.0. The fourth-order valence-corrected chi connectivity index (χ4v) is 1.46. The minimum Gasteiger partial charge on any atom is -0.508 e. The Balaban J connectivity index is 0.000000191. The molecule has 0 aliphatic carbocycles. The molecule has 0 atom stereocenters. The third-order valence-corrected chi connectivity index (χ3v) is 2.54. The highest BCUT2D eigenvalue weighted by Gasteiger charge is 1.89. The van der Waals surface area contributed by atoms with Crippen LogP contribution in [0.1, 0.15) is 11.1 Å². The van der Waals surface area contributed by atoms with Crippen LogP contribution in [-0.2, 0) is 13.0 Å². The summed E-state index contributed by atoms with van der Waals surface area (Å²) < 4.78 is 0. The molecule has 4 nitrogen and oxygen atoms in total. The number of phenols is 2. The predicted molar refractivity (Wildman–Crippen MR) is 76.9 cm³/mol. The van der Waals surface area contributed by atoms with Crippen molar-refractivity contribution >= 4 is 0 Å². The van der Waals surface area contributed by atoms with Crippen molar-refractivity contribution < 1.29 is 10.2 Å². The fraction of sp³-hybridized carbons (Fsp3) is 0.200. The number of hydrogen-bond donors (Lipinski definition) is 4. The first kappa shape index (κ1) is 15.0. The van der Waals surface area contributed by atoms with Gasteiger partial charge >= 0.3 is 0 Å². The highest BCUT2D eigenvalue weighted by Crippen LogP contribution is 2.09. The van der Waals surface area contributed by atoms with Gasteiger partial charge in [0.1, 0.15) is 11.5 Å². The van der Waals surface area contributed by atoms with Crippen LogP contribution >= 0.6 is 0 Å². The molecule has 2 aromatic rings. The third-order valence-electron chi connectivity index (χ3n) is 2.54. The molecule has 2 rings (SSSR count). The molecule has 2 aromatic carbocycles. The lowest BCUT2D eigenvalue weighted by Gasteiger charge is -1.96. The van der Waals surface area contributed by atoms with E-state index < -0.39 is 0 Å². The minimum absolute atomic E-state index is 0.284. The summed E-state index contributed by atoms with van der Waals surface area (Å²) in [5.41, 5.74) is 12.9. The number of hydrogen-bond acceptors (Lipinski definition) is 4. The van der Waals surface area contributed by atoms with E-state index in [2.05, 4.69) is 0 Å². The van der Waals surface area contributed by atoms with E-state index in [9.17, 15) is 0 Å². The Kier molecular flexibility index (Phi) is 6.43. The Morgan fingerprint density at radius 2 is 1.11 bits per heavy atom. The van der Waals surface area contributed by atoms with Gasteiger partial charge in [-0.3, -0.25) is 0 Å². The molecule has 0 unspecified atom stereocenters. The lowest BCUT2D eigenvalue weighted by Crippen LogP contribution is -2.01. The van der Waals surface area contributed by atoms with Gasteiger partial charge in [-0.2, -0.15) is 0 Å². The van der Waals surface area contributed by atoms with E-state index in [1.54, 1.807) is 36.4 Å². The van der Waals surface area contributed by atoms with Crippen molar-refractivity contribution in [3.8, 4) is 11.5 Å². The molecule has 0 amide bonds. The number of phenolic OH excluding ortho intramolecular Hbond substituents is 2. The summed E-state index contributed by atoms with van der Waals surface area (Å²) in [5.74, 6) is 0.591. The number of benzene rings is 2. The van der Waals surface area contributed by atoms with Crippen LogP contribution in [-0.4, -0.2) is 16.8 Å². The van der Waals surface area contributed by atoms with Crippen molar-refractivity contribution in [3.63, 3.8) is 0 Å². The molecule has 4 heteroatoms. The largest absolute Gasteiger partial charge is 0.508 e. The van der Waals surface area contributed by atoms with Crippen molar-refractivity contribution in [1.29, 1.82) is 0 Å². The van der Waals surface area contributed by atoms with Gasteiger partial charge in [-0.1, -0.05) is 24.3 Å². The summed E-state index contributed by atoms with van der Waals surface area (Å²) in [6.07, 6.45) is 0.875. The van der Waals surface area contributed by atoms with Crippen LogP contribution < -0.4 is 11.5 Å². The van der Waals surface area contributed by atoms with Gasteiger partial charge in [0, 0.05) is 6.54 Å². The lowest BCUT2D eigenvalue weighted by molar-refractivity contribution is 0.474. The zero-order valence-electron chi connectivity index (χ0n) is 10.8. The van der Waals surface area contributed by atoms with E-state index in [-0.39, 0.29) is 5.75 Å². The molecular formula is C15H20N2O2. The van der Waals surface area contributed by atoms with Crippen molar-refractivity contribution in [2.45, 2.75) is 13.0 Å². The molecule has 0 fully saturated rings. The highest BCUT2D eigenvalue weighted by atomic mass is 16.3. The maximum Gasteiger partial charge on any atom is 0.115 e. The summed E-state index contributed by atoms with van der Waals surface area (Å²) in [5, 5.41) is 17.7. The third kappa shape index (κ3) is 5.90. The molecule has 102 valence electrons. The topological polar surface area (TPSA) is 92.5 Å². The van der Waals surface area contributed by atoms with Gasteiger partial charge in [0.15, 0.2) is 0 Å². The Hall–Kier alpha value is -2.04. The second-order valence-electron chi connectivity index (χ2n) is 4.08. The van der Waals surface area contributed by atoms with E-state index in [1.165, 1.54) is 5.56 Å². The second-order valence-corrected chi connectivity index (χ2v) is 4.08. The van der Waals surface area contributed by atoms with E-state index in [4.69, 9.17) is 21.7 Å². The summed E-state index contributed by atoms with van der Waals surface area (Å²) in [7, 11) is 0. The van der Waals surface area contributed by atoms with Crippen LogP contribution in [0.3, 0.4) is 0 Å². The molecule has 0 aliphatic rings. The van der Waals surface area contributed by atoms with Crippen LogP contribution in [0.2, 0.25) is 0 Å². The van der Waals surface area contributed by atoms with Crippen molar-refractivity contribution in [1.82, 2.24) is 0 Å². The normalized spacial score (nSPS) is 9.58. The highest BCUT2D eigenvalue weighted by molar-refractivity contribution is 5.26. The number of aromatic hydroxyl groups is 2. The van der Waals surface area contributed by atoms with E-state index in [1.807, 2.05) is 12.1 Å². The number of rotatable bonds is 3. The SMILES string of the molecule is NCCc1ccc(O)cc1.NCc1ccc(O)cc1. The van der Waals surface area contributed by atoms with Crippen molar-refractivity contribution in [2.24, 2.45) is 11.5 Å². The molecule has 0 saturated carbocycles. The van der Waals surface area contributed by atoms with Gasteiger partial charge in [0.2, 0.25) is 0 Å². The monoisotopic (exact) mass is 260 g/mol. The molecule has 0 aliphatic heterocycles. The summed E-state index contributed by atoms with van der Waals surface area (Å²) in [6.45, 7) is 1.19. The smallest absolute Gasteiger partial charge is 0.115 e. The molecule has 0 saturated heterocycles. The van der Waals surface area contributed by atoms with Crippen LogP contribution in [0.25, 0.3) is 0 Å².